The average molecular weight is 218 g/mol. The lowest BCUT2D eigenvalue weighted by Gasteiger charge is -2.09. The van der Waals surface area contributed by atoms with Crippen LogP contribution in [0.3, 0.4) is 0 Å². The minimum atomic E-state index is -4.72. The number of aliphatic hydroxyl groups excluding tert-OH is 1. The molecular weight excluding hydrogens is 209 g/mol. The van der Waals surface area contributed by atoms with E-state index in [0.717, 1.165) is 6.07 Å². The molecule has 82 valence electrons. The fourth-order valence-corrected chi connectivity index (χ4v) is 1.02. The Morgan fingerprint density at radius 2 is 2.07 bits per heavy atom. The molecule has 15 heavy (non-hydrogen) atoms. The van der Waals surface area contributed by atoms with Gasteiger partial charge in [-0.05, 0) is 25.1 Å². The molecule has 5 heteroatoms. The highest BCUT2D eigenvalue weighted by Gasteiger charge is 2.31. The smallest absolute Gasteiger partial charge is 0.508 e. The van der Waals surface area contributed by atoms with Crippen LogP contribution in [0.5, 0.6) is 5.75 Å². The van der Waals surface area contributed by atoms with Crippen LogP contribution in [0.2, 0.25) is 0 Å². The van der Waals surface area contributed by atoms with Gasteiger partial charge in [-0.1, -0.05) is 12.1 Å². The molecule has 1 aromatic carbocycles. The molecule has 0 aromatic heterocycles. The summed E-state index contributed by atoms with van der Waals surface area (Å²) >= 11 is 0. The van der Waals surface area contributed by atoms with Gasteiger partial charge in [0, 0.05) is 5.56 Å². The van der Waals surface area contributed by atoms with Crippen LogP contribution in [0.4, 0.5) is 13.2 Å². The molecule has 1 aromatic rings. The average Bonchev–Trinajstić information content (AvgIpc) is 2.14. The lowest BCUT2D eigenvalue weighted by molar-refractivity contribution is -0.274. The molecule has 0 heterocycles. The van der Waals surface area contributed by atoms with Crippen molar-refractivity contribution in [2.75, 3.05) is 0 Å². The first-order valence-electron chi connectivity index (χ1n) is 4.14. The summed E-state index contributed by atoms with van der Waals surface area (Å²) in [6.45, 7) is 1.58. The summed E-state index contributed by atoms with van der Waals surface area (Å²) < 4.78 is 39.3. The lowest BCUT2D eigenvalue weighted by atomic mass is 10.2. The molecular formula is C10H9F3O2. The molecule has 1 rings (SSSR count). The van der Waals surface area contributed by atoms with Gasteiger partial charge in [0.25, 0.3) is 0 Å². The fraction of sp³-hybridized carbons (Fsp3) is 0.200. The molecule has 2 nitrogen and oxygen atoms in total. The molecule has 0 radical (unpaired) electrons. The van der Waals surface area contributed by atoms with E-state index in [-0.39, 0.29) is 17.1 Å². The van der Waals surface area contributed by atoms with E-state index in [1.807, 2.05) is 0 Å². The summed E-state index contributed by atoms with van der Waals surface area (Å²) in [4.78, 5) is 0. The van der Waals surface area contributed by atoms with Crippen molar-refractivity contribution in [2.45, 2.75) is 13.3 Å². The SMILES string of the molecule is CC=C(O)c1cccc(OC(F)(F)F)c1. The van der Waals surface area contributed by atoms with Crippen LogP contribution in [-0.4, -0.2) is 11.5 Å². The molecule has 0 bridgehead atoms. The normalized spacial score (nSPS) is 12.7. The van der Waals surface area contributed by atoms with E-state index >= 15 is 0 Å². The molecule has 0 saturated heterocycles. The van der Waals surface area contributed by atoms with E-state index in [9.17, 15) is 18.3 Å². The maximum atomic E-state index is 11.9. The third-order valence-corrected chi connectivity index (χ3v) is 1.64. The zero-order valence-electron chi connectivity index (χ0n) is 7.88. The molecule has 0 aliphatic heterocycles. The number of hydrogen-bond donors (Lipinski definition) is 1. The molecule has 0 aliphatic rings. The van der Waals surface area contributed by atoms with Gasteiger partial charge in [-0.15, -0.1) is 13.2 Å². The Balaban J connectivity index is 2.93. The van der Waals surface area contributed by atoms with E-state index in [4.69, 9.17) is 0 Å². The predicted octanol–water partition coefficient (Wildman–Crippen LogP) is 3.50. The highest BCUT2D eigenvalue weighted by Crippen LogP contribution is 2.25. The number of allylic oxidation sites excluding steroid dienone is 1. The number of hydrogen-bond acceptors (Lipinski definition) is 2. The highest BCUT2D eigenvalue weighted by atomic mass is 19.4. The third-order valence-electron chi connectivity index (χ3n) is 1.64. The van der Waals surface area contributed by atoms with Gasteiger partial charge >= 0.3 is 6.36 Å². The highest BCUT2D eigenvalue weighted by molar-refractivity contribution is 5.59. The third kappa shape index (κ3) is 3.53. The van der Waals surface area contributed by atoms with Gasteiger partial charge in [0.1, 0.15) is 11.5 Å². The number of ether oxygens (including phenoxy) is 1. The Bertz CT molecular complexity index is 369. The van der Waals surface area contributed by atoms with E-state index < -0.39 is 6.36 Å². The monoisotopic (exact) mass is 218 g/mol. The molecule has 0 aliphatic carbocycles. The maximum absolute atomic E-state index is 11.9. The van der Waals surface area contributed by atoms with Gasteiger partial charge in [-0.2, -0.15) is 0 Å². The fourth-order valence-electron chi connectivity index (χ4n) is 1.02. The number of benzene rings is 1. The van der Waals surface area contributed by atoms with E-state index in [2.05, 4.69) is 4.74 Å². The summed E-state index contributed by atoms with van der Waals surface area (Å²) in [5, 5.41) is 9.28. The zero-order chi connectivity index (χ0) is 11.5. The Labute approximate surface area is 84.6 Å². The van der Waals surface area contributed by atoms with Gasteiger partial charge in [0.05, 0.1) is 0 Å². The van der Waals surface area contributed by atoms with Gasteiger partial charge in [0.15, 0.2) is 0 Å². The van der Waals surface area contributed by atoms with Crippen LogP contribution in [0.25, 0.3) is 5.76 Å². The number of aliphatic hydroxyl groups is 1. The Morgan fingerprint density at radius 3 is 2.60 bits per heavy atom. The minimum Gasteiger partial charge on any atom is -0.508 e. The van der Waals surface area contributed by atoms with Crippen LogP contribution in [0, 0.1) is 0 Å². The van der Waals surface area contributed by atoms with E-state index in [0.29, 0.717) is 0 Å². The van der Waals surface area contributed by atoms with Crippen LogP contribution < -0.4 is 4.74 Å². The number of rotatable bonds is 2. The second-order valence-corrected chi connectivity index (χ2v) is 2.75. The quantitative estimate of drug-likeness (QED) is 0.769. The molecule has 0 spiro atoms. The number of halogens is 3. The van der Waals surface area contributed by atoms with Crippen molar-refractivity contribution >= 4 is 5.76 Å². The Hall–Kier alpha value is -1.65. The van der Waals surface area contributed by atoms with Crippen molar-refractivity contribution in [2.24, 2.45) is 0 Å². The second-order valence-electron chi connectivity index (χ2n) is 2.75. The van der Waals surface area contributed by atoms with Crippen molar-refractivity contribution in [3.05, 3.63) is 35.9 Å². The number of alkyl halides is 3. The van der Waals surface area contributed by atoms with Crippen molar-refractivity contribution in [1.29, 1.82) is 0 Å². The summed E-state index contributed by atoms with van der Waals surface area (Å²) in [6.07, 6.45) is -3.34. The maximum Gasteiger partial charge on any atom is 0.573 e. The molecule has 0 unspecified atom stereocenters. The minimum absolute atomic E-state index is 0.0948. The first-order valence-corrected chi connectivity index (χ1v) is 4.14. The lowest BCUT2D eigenvalue weighted by Crippen LogP contribution is -2.17. The second kappa shape index (κ2) is 4.25. The molecule has 0 atom stereocenters. The van der Waals surface area contributed by atoms with Gasteiger partial charge in [0.2, 0.25) is 0 Å². The Kier molecular flexibility index (Phi) is 3.24. The zero-order valence-corrected chi connectivity index (χ0v) is 7.88. The molecule has 0 saturated carbocycles. The summed E-state index contributed by atoms with van der Waals surface area (Å²) in [5.74, 6) is -0.448. The van der Waals surface area contributed by atoms with Crippen molar-refractivity contribution < 1.29 is 23.0 Å². The van der Waals surface area contributed by atoms with Crippen molar-refractivity contribution in [3.8, 4) is 5.75 Å². The van der Waals surface area contributed by atoms with Gasteiger partial charge in [-0.3, -0.25) is 0 Å². The van der Waals surface area contributed by atoms with Crippen molar-refractivity contribution in [3.63, 3.8) is 0 Å². The van der Waals surface area contributed by atoms with Crippen LogP contribution in [0.1, 0.15) is 12.5 Å². The van der Waals surface area contributed by atoms with Crippen LogP contribution in [-0.2, 0) is 0 Å². The van der Waals surface area contributed by atoms with Crippen LogP contribution >= 0.6 is 0 Å². The Morgan fingerprint density at radius 1 is 1.40 bits per heavy atom. The van der Waals surface area contributed by atoms with Gasteiger partial charge < -0.3 is 9.84 Å². The summed E-state index contributed by atoms with van der Waals surface area (Å²) in [7, 11) is 0. The first-order chi connectivity index (χ1) is 6.92. The van der Waals surface area contributed by atoms with Gasteiger partial charge in [-0.25, -0.2) is 0 Å². The summed E-state index contributed by atoms with van der Waals surface area (Å²) in [5.41, 5.74) is 0.277. The molecule has 0 fully saturated rings. The first kappa shape index (κ1) is 11.4. The van der Waals surface area contributed by atoms with E-state index in [1.165, 1.54) is 24.3 Å². The van der Waals surface area contributed by atoms with E-state index in [1.54, 1.807) is 6.92 Å². The van der Waals surface area contributed by atoms with Crippen LogP contribution in [0.15, 0.2) is 30.3 Å². The predicted molar refractivity (Wildman–Crippen MR) is 49.4 cm³/mol. The molecule has 1 N–H and O–H groups in total. The molecule has 0 amide bonds. The largest absolute Gasteiger partial charge is 0.573 e. The summed E-state index contributed by atoms with van der Waals surface area (Å²) in [6, 6.07) is 5.14. The topological polar surface area (TPSA) is 29.5 Å². The van der Waals surface area contributed by atoms with Crippen molar-refractivity contribution in [1.82, 2.24) is 0 Å². The standard InChI is InChI=1S/C10H9F3O2/c1-2-9(14)7-4-3-5-8(6-7)15-10(11,12)13/h2-6,14H,1H3.